The summed E-state index contributed by atoms with van der Waals surface area (Å²) in [5.41, 5.74) is 5.03. The Morgan fingerprint density at radius 3 is 2.74 bits per heavy atom. The molecule has 0 amide bonds. The van der Waals surface area contributed by atoms with Crippen LogP contribution in [-0.4, -0.2) is 28.7 Å². The number of ether oxygens (including phenoxy) is 1. The summed E-state index contributed by atoms with van der Waals surface area (Å²) in [6, 6.07) is 19.5. The fourth-order valence-electron chi connectivity index (χ4n) is 3.92. The molecule has 0 radical (unpaired) electrons. The van der Waals surface area contributed by atoms with Crippen LogP contribution in [0.25, 0.3) is 11.1 Å². The molecule has 0 fully saturated rings. The highest BCUT2D eigenvalue weighted by Gasteiger charge is 2.21. The fraction of sp³-hybridized carbons (Fsp3) is 0.231. The van der Waals surface area contributed by atoms with Gasteiger partial charge in [-0.1, -0.05) is 54.6 Å². The highest BCUT2D eigenvalue weighted by molar-refractivity contribution is 5.84. The van der Waals surface area contributed by atoms with Crippen LogP contribution in [0.4, 0.5) is 5.69 Å². The molecule has 1 aliphatic heterocycles. The van der Waals surface area contributed by atoms with E-state index >= 15 is 0 Å². The molecule has 5 nitrogen and oxygen atoms in total. The number of carbonyl (C=O) groups excluding carboxylic acids is 1. The fourth-order valence-corrected chi connectivity index (χ4v) is 3.92. The zero-order chi connectivity index (χ0) is 21.6. The molecule has 1 aliphatic rings. The zero-order valence-electron chi connectivity index (χ0n) is 17.5. The lowest BCUT2D eigenvalue weighted by atomic mass is 9.89. The molecule has 0 saturated carbocycles. The topological polar surface area (TPSA) is 71.5 Å². The number of pyridine rings is 1. The lowest BCUT2D eigenvalue weighted by molar-refractivity contribution is -0.143. The third kappa shape index (κ3) is 4.77. The van der Waals surface area contributed by atoms with Crippen LogP contribution in [0.15, 0.2) is 79.0 Å². The average molecular weight is 415 g/mol. The summed E-state index contributed by atoms with van der Waals surface area (Å²) in [6.07, 6.45) is 6.85. The van der Waals surface area contributed by atoms with Crippen LogP contribution in [0, 0.1) is 0 Å². The maximum absolute atomic E-state index is 12.6. The smallest absolute Gasteiger partial charge is 0.328 e. The number of carbonyl (C=O) groups is 1. The van der Waals surface area contributed by atoms with Crippen LogP contribution in [-0.2, 0) is 9.53 Å². The Bertz CT molecular complexity index is 1080. The maximum atomic E-state index is 12.6. The molecule has 2 aromatic carbocycles. The van der Waals surface area contributed by atoms with Crippen LogP contribution in [0.3, 0.4) is 0 Å². The first-order valence-corrected chi connectivity index (χ1v) is 10.6. The predicted octanol–water partition coefficient (Wildman–Crippen LogP) is 5.28. The number of para-hydroxylation sites is 1. The van der Waals surface area contributed by atoms with E-state index in [-0.39, 0.29) is 17.6 Å². The molecule has 0 saturated heterocycles. The number of aromatic nitrogens is 1. The molecule has 2 heterocycles. The van der Waals surface area contributed by atoms with E-state index in [1.54, 1.807) is 6.07 Å². The van der Waals surface area contributed by atoms with Gasteiger partial charge in [0.15, 0.2) is 0 Å². The molecule has 2 unspecified atom stereocenters. The first kappa shape index (κ1) is 20.7. The second kappa shape index (κ2) is 9.47. The summed E-state index contributed by atoms with van der Waals surface area (Å²) < 4.78 is 5.30. The van der Waals surface area contributed by atoms with Crippen LogP contribution in [0.1, 0.15) is 36.9 Å². The number of nitrogens with one attached hydrogen (secondary N) is 1. The van der Waals surface area contributed by atoms with E-state index in [0.29, 0.717) is 13.0 Å². The molecule has 3 aromatic rings. The van der Waals surface area contributed by atoms with Crippen molar-refractivity contribution >= 4 is 11.7 Å². The third-order valence-electron chi connectivity index (χ3n) is 5.47. The molecule has 2 atom stereocenters. The first-order valence-electron chi connectivity index (χ1n) is 10.6. The lowest BCUT2D eigenvalue weighted by Crippen LogP contribution is -2.31. The van der Waals surface area contributed by atoms with Gasteiger partial charge in [-0.3, -0.25) is 4.98 Å². The highest BCUT2D eigenvalue weighted by Crippen LogP contribution is 2.34. The lowest BCUT2D eigenvalue weighted by Gasteiger charge is -2.22. The number of benzene rings is 2. The SMILES string of the molecule is CCOC(=O)C1C/C=C/CC(c2ccc(O)cn2)c2cccc(c2)-c2ccccc2N1. The summed E-state index contributed by atoms with van der Waals surface area (Å²) >= 11 is 0. The van der Waals surface area contributed by atoms with E-state index in [0.717, 1.165) is 34.5 Å². The Kier molecular flexibility index (Phi) is 6.32. The van der Waals surface area contributed by atoms with Gasteiger partial charge in [0.05, 0.1) is 12.8 Å². The van der Waals surface area contributed by atoms with Crippen molar-refractivity contribution in [1.82, 2.24) is 4.98 Å². The van der Waals surface area contributed by atoms with Gasteiger partial charge in [-0.05, 0) is 49.1 Å². The van der Waals surface area contributed by atoms with Gasteiger partial charge >= 0.3 is 5.97 Å². The number of allylic oxidation sites excluding steroid dienone is 1. The monoisotopic (exact) mass is 414 g/mol. The van der Waals surface area contributed by atoms with Gasteiger partial charge in [-0.2, -0.15) is 0 Å². The summed E-state index contributed by atoms with van der Waals surface area (Å²) in [4.78, 5) is 17.0. The Hall–Kier alpha value is -3.60. The van der Waals surface area contributed by atoms with Gasteiger partial charge in [-0.15, -0.1) is 0 Å². The minimum absolute atomic E-state index is 0.0393. The molecular weight excluding hydrogens is 388 g/mol. The number of esters is 1. The van der Waals surface area contributed by atoms with Gasteiger partial charge in [0, 0.05) is 22.9 Å². The number of aromatic hydroxyl groups is 1. The largest absolute Gasteiger partial charge is 0.506 e. The van der Waals surface area contributed by atoms with Crippen molar-refractivity contribution in [2.75, 3.05) is 11.9 Å². The van der Waals surface area contributed by atoms with Crippen molar-refractivity contribution in [2.45, 2.75) is 31.7 Å². The maximum Gasteiger partial charge on any atom is 0.328 e. The Morgan fingerprint density at radius 2 is 1.94 bits per heavy atom. The molecule has 0 aliphatic carbocycles. The first-order chi connectivity index (χ1) is 15.2. The number of rotatable bonds is 3. The minimum atomic E-state index is -0.467. The molecule has 4 rings (SSSR count). The van der Waals surface area contributed by atoms with Crippen molar-refractivity contribution < 1.29 is 14.6 Å². The van der Waals surface area contributed by atoms with Crippen LogP contribution < -0.4 is 5.32 Å². The number of nitrogens with zero attached hydrogens (tertiary/aromatic N) is 1. The molecule has 2 N–H and O–H groups in total. The van der Waals surface area contributed by atoms with Gasteiger partial charge in [-0.25, -0.2) is 4.79 Å². The van der Waals surface area contributed by atoms with Crippen molar-refractivity contribution in [3.8, 4) is 16.9 Å². The van der Waals surface area contributed by atoms with Gasteiger partial charge in [0.1, 0.15) is 11.8 Å². The Balaban J connectivity index is 1.80. The number of fused-ring (bicyclic) bond motifs is 4. The second-order valence-corrected chi connectivity index (χ2v) is 7.56. The quantitative estimate of drug-likeness (QED) is 0.451. The van der Waals surface area contributed by atoms with Gasteiger partial charge in [0.2, 0.25) is 0 Å². The summed E-state index contributed by atoms with van der Waals surface area (Å²) in [5, 5.41) is 13.0. The van der Waals surface area contributed by atoms with Crippen LogP contribution in [0.2, 0.25) is 0 Å². The molecule has 5 heteroatoms. The number of hydrogen-bond acceptors (Lipinski definition) is 5. The summed E-state index contributed by atoms with van der Waals surface area (Å²) in [6.45, 7) is 2.16. The zero-order valence-corrected chi connectivity index (χ0v) is 17.5. The molecule has 0 spiro atoms. The predicted molar refractivity (Wildman–Crippen MR) is 122 cm³/mol. The molecule has 2 bridgehead atoms. The standard InChI is InChI=1S/C26H26N2O3/c1-2-31-26(30)25-13-6-4-10-21(23-15-14-20(29)17-27-23)18-8-7-9-19(16-18)22-11-3-5-12-24(22)28-25/h3-9,11-12,14-17,21,25,28-29H,2,10,13H2,1H3/b6-4+. The highest BCUT2D eigenvalue weighted by atomic mass is 16.5. The van der Waals surface area contributed by atoms with Gasteiger partial charge < -0.3 is 15.2 Å². The molecular formula is C26H26N2O3. The van der Waals surface area contributed by atoms with Crippen molar-refractivity contribution in [1.29, 1.82) is 0 Å². The Morgan fingerprint density at radius 1 is 1.10 bits per heavy atom. The van der Waals surface area contributed by atoms with E-state index in [1.807, 2.05) is 43.3 Å². The average Bonchev–Trinajstić information content (AvgIpc) is 2.79. The van der Waals surface area contributed by atoms with Crippen molar-refractivity contribution in [2.24, 2.45) is 0 Å². The molecule has 31 heavy (non-hydrogen) atoms. The Labute approximate surface area is 182 Å². The number of hydrogen-bond donors (Lipinski definition) is 2. The van der Waals surface area contributed by atoms with E-state index < -0.39 is 6.04 Å². The van der Waals surface area contributed by atoms with E-state index in [9.17, 15) is 9.90 Å². The van der Waals surface area contributed by atoms with Crippen LogP contribution >= 0.6 is 0 Å². The van der Waals surface area contributed by atoms with Crippen molar-refractivity contribution in [3.63, 3.8) is 0 Å². The number of anilines is 1. The normalized spacial score (nSPS) is 19.1. The molecule has 1 aromatic heterocycles. The van der Waals surface area contributed by atoms with E-state index in [4.69, 9.17) is 4.74 Å². The third-order valence-corrected chi connectivity index (χ3v) is 5.47. The second-order valence-electron chi connectivity index (χ2n) is 7.56. The summed E-state index contributed by atoms with van der Waals surface area (Å²) in [7, 11) is 0. The minimum Gasteiger partial charge on any atom is -0.506 e. The molecule has 158 valence electrons. The summed E-state index contributed by atoms with van der Waals surface area (Å²) in [5.74, 6) is -0.0691. The van der Waals surface area contributed by atoms with E-state index in [2.05, 4.69) is 40.6 Å². The van der Waals surface area contributed by atoms with Crippen LogP contribution in [0.5, 0.6) is 5.75 Å². The van der Waals surface area contributed by atoms with E-state index in [1.165, 1.54) is 6.20 Å². The van der Waals surface area contributed by atoms with Crippen molar-refractivity contribution in [3.05, 3.63) is 90.3 Å². The van der Waals surface area contributed by atoms with Gasteiger partial charge in [0.25, 0.3) is 0 Å².